The van der Waals surface area contributed by atoms with E-state index in [0.29, 0.717) is 11.3 Å². The number of nitrogens with zero attached hydrogens (tertiary/aromatic N) is 1. The number of aromatic nitrogens is 1. The third-order valence-electron chi connectivity index (χ3n) is 1.98. The van der Waals surface area contributed by atoms with Gasteiger partial charge in [0, 0.05) is 23.6 Å². The van der Waals surface area contributed by atoms with Crippen molar-refractivity contribution in [3.63, 3.8) is 0 Å². The first-order valence-corrected chi connectivity index (χ1v) is 4.23. The van der Waals surface area contributed by atoms with Crippen molar-refractivity contribution in [1.29, 1.82) is 0 Å². The summed E-state index contributed by atoms with van der Waals surface area (Å²) < 4.78 is 13.4. The van der Waals surface area contributed by atoms with E-state index in [4.69, 9.17) is 5.73 Å². The summed E-state index contributed by atoms with van der Waals surface area (Å²) in [4.78, 5) is 3.87. The average Bonchev–Trinajstić information content (AvgIpc) is 2.23. The molecule has 0 saturated carbocycles. The van der Waals surface area contributed by atoms with Gasteiger partial charge in [0.25, 0.3) is 0 Å². The van der Waals surface area contributed by atoms with Crippen molar-refractivity contribution in [2.75, 3.05) is 5.73 Å². The molecular weight excluding hydrogens is 179 g/mol. The van der Waals surface area contributed by atoms with Crippen molar-refractivity contribution in [2.24, 2.45) is 0 Å². The molecule has 0 radical (unpaired) electrons. The second-order valence-electron chi connectivity index (χ2n) is 2.98. The summed E-state index contributed by atoms with van der Waals surface area (Å²) in [6.45, 7) is 0. The molecule has 0 unspecified atom stereocenters. The van der Waals surface area contributed by atoms with Crippen LogP contribution in [0.4, 0.5) is 10.1 Å². The maximum atomic E-state index is 13.4. The van der Waals surface area contributed by atoms with Gasteiger partial charge in [-0.15, -0.1) is 0 Å². The normalized spacial score (nSPS) is 10.1. The molecule has 0 bridgehead atoms. The first-order valence-electron chi connectivity index (χ1n) is 4.23. The van der Waals surface area contributed by atoms with Crippen LogP contribution < -0.4 is 5.73 Å². The zero-order valence-corrected chi connectivity index (χ0v) is 7.44. The van der Waals surface area contributed by atoms with Crippen molar-refractivity contribution in [2.45, 2.75) is 0 Å². The van der Waals surface area contributed by atoms with Crippen LogP contribution in [-0.2, 0) is 0 Å². The lowest BCUT2D eigenvalue weighted by atomic mass is 10.1. The number of nitrogen functional groups attached to an aromatic ring is 1. The molecular formula is C11H9FN2. The molecule has 2 nitrogen and oxygen atoms in total. The Morgan fingerprint density at radius 1 is 1.07 bits per heavy atom. The van der Waals surface area contributed by atoms with Crippen LogP contribution in [0, 0.1) is 5.82 Å². The van der Waals surface area contributed by atoms with Gasteiger partial charge in [-0.3, -0.25) is 4.98 Å². The van der Waals surface area contributed by atoms with Gasteiger partial charge in [0.15, 0.2) is 0 Å². The Morgan fingerprint density at radius 2 is 1.79 bits per heavy atom. The molecule has 2 aromatic rings. The standard InChI is InChI=1S/C11H9FN2/c12-11-2-1-9(13)7-10(11)8-3-5-14-6-4-8/h1-7H,13H2. The molecule has 1 aromatic carbocycles. The minimum absolute atomic E-state index is 0.273. The topological polar surface area (TPSA) is 38.9 Å². The van der Waals surface area contributed by atoms with E-state index in [2.05, 4.69) is 4.98 Å². The molecule has 0 atom stereocenters. The lowest BCUT2D eigenvalue weighted by molar-refractivity contribution is 0.631. The predicted molar refractivity (Wildman–Crippen MR) is 54.0 cm³/mol. The second-order valence-corrected chi connectivity index (χ2v) is 2.98. The molecule has 0 fully saturated rings. The van der Waals surface area contributed by atoms with E-state index >= 15 is 0 Å². The number of halogens is 1. The van der Waals surface area contributed by atoms with Crippen molar-refractivity contribution in [3.8, 4) is 11.1 Å². The summed E-state index contributed by atoms with van der Waals surface area (Å²) in [6.07, 6.45) is 3.25. The molecule has 2 N–H and O–H groups in total. The number of rotatable bonds is 1. The first kappa shape index (κ1) is 8.69. The number of pyridine rings is 1. The molecule has 1 heterocycles. The highest BCUT2D eigenvalue weighted by Gasteiger charge is 2.04. The third kappa shape index (κ3) is 1.57. The van der Waals surface area contributed by atoms with Gasteiger partial charge < -0.3 is 5.73 Å². The Kier molecular flexibility index (Phi) is 2.14. The lowest BCUT2D eigenvalue weighted by Gasteiger charge is -2.03. The zero-order valence-electron chi connectivity index (χ0n) is 7.44. The van der Waals surface area contributed by atoms with Gasteiger partial charge in [-0.05, 0) is 35.9 Å². The molecule has 0 aliphatic rings. The van der Waals surface area contributed by atoms with Crippen LogP contribution in [0.3, 0.4) is 0 Å². The molecule has 0 amide bonds. The van der Waals surface area contributed by atoms with Crippen LogP contribution in [0.1, 0.15) is 0 Å². The van der Waals surface area contributed by atoms with Gasteiger partial charge >= 0.3 is 0 Å². The molecule has 2 rings (SSSR count). The van der Waals surface area contributed by atoms with Crippen LogP contribution in [0.25, 0.3) is 11.1 Å². The van der Waals surface area contributed by atoms with Crippen molar-refractivity contribution < 1.29 is 4.39 Å². The van der Waals surface area contributed by atoms with Crippen LogP contribution >= 0.6 is 0 Å². The monoisotopic (exact) mass is 188 g/mol. The van der Waals surface area contributed by atoms with Gasteiger partial charge in [-0.2, -0.15) is 0 Å². The van der Waals surface area contributed by atoms with Crippen molar-refractivity contribution in [3.05, 3.63) is 48.5 Å². The van der Waals surface area contributed by atoms with E-state index in [1.54, 1.807) is 36.7 Å². The van der Waals surface area contributed by atoms with E-state index < -0.39 is 0 Å². The number of hydrogen-bond donors (Lipinski definition) is 1. The van der Waals surface area contributed by atoms with E-state index in [0.717, 1.165) is 5.56 Å². The first-order chi connectivity index (χ1) is 6.77. The summed E-state index contributed by atoms with van der Waals surface area (Å²) in [7, 11) is 0. The minimum atomic E-state index is -0.273. The molecule has 3 heteroatoms. The Hall–Kier alpha value is -1.90. The molecule has 70 valence electrons. The maximum absolute atomic E-state index is 13.4. The quantitative estimate of drug-likeness (QED) is 0.698. The van der Waals surface area contributed by atoms with Crippen LogP contribution in [-0.4, -0.2) is 4.98 Å². The molecule has 0 spiro atoms. The van der Waals surface area contributed by atoms with Crippen molar-refractivity contribution >= 4 is 5.69 Å². The highest BCUT2D eigenvalue weighted by molar-refractivity contribution is 5.67. The fraction of sp³-hybridized carbons (Fsp3) is 0. The molecule has 0 aliphatic heterocycles. The number of benzene rings is 1. The highest BCUT2D eigenvalue weighted by atomic mass is 19.1. The summed E-state index contributed by atoms with van der Waals surface area (Å²) in [5.41, 5.74) is 7.43. The van der Waals surface area contributed by atoms with Gasteiger partial charge in [0.05, 0.1) is 0 Å². The fourth-order valence-electron chi connectivity index (χ4n) is 1.30. The fourth-order valence-corrected chi connectivity index (χ4v) is 1.30. The maximum Gasteiger partial charge on any atom is 0.131 e. The largest absolute Gasteiger partial charge is 0.399 e. The number of anilines is 1. The lowest BCUT2D eigenvalue weighted by Crippen LogP contribution is -1.89. The number of nitrogens with two attached hydrogens (primary N) is 1. The second kappa shape index (κ2) is 3.46. The zero-order chi connectivity index (χ0) is 9.97. The van der Waals surface area contributed by atoms with Crippen LogP contribution in [0.5, 0.6) is 0 Å². The van der Waals surface area contributed by atoms with E-state index in [1.807, 2.05) is 0 Å². The van der Waals surface area contributed by atoms with Gasteiger partial charge in [-0.1, -0.05) is 0 Å². The SMILES string of the molecule is Nc1ccc(F)c(-c2ccncc2)c1. The average molecular weight is 188 g/mol. The molecule has 1 aromatic heterocycles. The van der Waals surface area contributed by atoms with E-state index in [9.17, 15) is 4.39 Å². The molecule has 0 saturated heterocycles. The minimum Gasteiger partial charge on any atom is -0.399 e. The van der Waals surface area contributed by atoms with E-state index in [-0.39, 0.29) is 5.82 Å². The van der Waals surface area contributed by atoms with Crippen LogP contribution in [0.2, 0.25) is 0 Å². The molecule has 0 aliphatic carbocycles. The Labute approximate surface area is 81.2 Å². The molecule has 14 heavy (non-hydrogen) atoms. The Balaban J connectivity index is 2.57. The van der Waals surface area contributed by atoms with Gasteiger partial charge in [0.1, 0.15) is 5.82 Å². The number of hydrogen-bond acceptors (Lipinski definition) is 2. The third-order valence-corrected chi connectivity index (χ3v) is 1.98. The Morgan fingerprint density at radius 3 is 2.50 bits per heavy atom. The van der Waals surface area contributed by atoms with E-state index in [1.165, 1.54) is 6.07 Å². The Bertz CT molecular complexity index is 440. The highest BCUT2D eigenvalue weighted by Crippen LogP contribution is 2.23. The summed E-state index contributed by atoms with van der Waals surface area (Å²) in [5, 5.41) is 0. The predicted octanol–water partition coefficient (Wildman–Crippen LogP) is 2.47. The van der Waals surface area contributed by atoms with Gasteiger partial charge in [0.2, 0.25) is 0 Å². The van der Waals surface area contributed by atoms with Crippen LogP contribution in [0.15, 0.2) is 42.7 Å². The summed E-state index contributed by atoms with van der Waals surface area (Å²) in [5.74, 6) is -0.273. The smallest absolute Gasteiger partial charge is 0.131 e. The summed E-state index contributed by atoms with van der Waals surface area (Å²) >= 11 is 0. The van der Waals surface area contributed by atoms with Gasteiger partial charge in [-0.25, -0.2) is 4.39 Å². The summed E-state index contributed by atoms with van der Waals surface area (Å²) in [6, 6.07) is 8.02. The van der Waals surface area contributed by atoms with Crippen molar-refractivity contribution in [1.82, 2.24) is 4.98 Å².